The summed E-state index contributed by atoms with van der Waals surface area (Å²) in [4.78, 5) is 0. The summed E-state index contributed by atoms with van der Waals surface area (Å²) >= 11 is 9.65. The van der Waals surface area contributed by atoms with Crippen molar-refractivity contribution in [3.05, 3.63) is 45.4 Å². The number of halogens is 2. The molecule has 2 aromatic carbocycles. The van der Waals surface area contributed by atoms with Crippen LogP contribution >= 0.6 is 27.5 Å². The molecule has 2 heteroatoms. The van der Waals surface area contributed by atoms with Gasteiger partial charge in [0.2, 0.25) is 0 Å². The molecule has 0 amide bonds. The molecule has 0 saturated heterocycles. The summed E-state index contributed by atoms with van der Waals surface area (Å²) in [6.07, 6.45) is 0. The van der Waals surface area contributed by atoms with Gasteiger partial charge in [-0.05, 0) is 39.9 Å². The maximum Gasteiger partial charge on any atom is 0.0495 e. The molecule has 0 bridgehead atoms. The first kappa shape index (κ1) is 9.04. The van der Waals surface area contributed by atoms with Gasteiger partial charge in [0.05, 0.1) is 0 Å². The van der Waals surface area contributed by atoms with E-state index in [4.69, 9.17) is 11.6 Å². The Morgan fingerprint density at radius 1 is 1.15 bits per heavy atom. The molecule has 0 saturated carbocycles. The molecule has 0 radical (unpaired) electrons. The molecule has 0 aromatic heterocycles. The average molecular weight is 256 g/mol. The molecule has 13 heavy (non-hydrogen) atoms. The van der Waals surface area contributed by atoms with Gasteiger partial charge in [-0.2, -0.15) is 0 Å². The van der Waals surface area contributed by atoms with Crippen LogP contribution in [0.4, 0.5) is 0 Å². The van der Waals surface area contributed by atoms with E-state index in [0.717, 1.165) is 14.9 Å². The predicted octanol–water partition coefficient (Wildman–Crippen LogP) is 4.56. The normalized spacial score (nSPS) is 10.7. The average Bonchev–Trinajstić information content (AvgIpc) is 2.12. The smallest absolute Gasteiger partial charge is 0.0495 e. The van der Waals surface area contributed by atoms with E-state index in [0.29, 0.717) is 0 Å². The lowest BCUT2D eigenvalue weighted by molar-refractivity contribution is 1.47. The minimum absolute atomic E-state index is 0.799. The van der Waals surface area contributed by atoms with Gasteiger partial charge < -0.3 is 0 Å². The number of hydrogen-bond acceptors (Lipinski definition) is 0. The van der Waals surface area contributed by atoms with Gasteiger partial charge in [0, 0.05) is 14.9 Å². The SMILES string of the molecule is Cc1ccc2cccc(Cl)c2c1Br. The van der Waals surface area contributed by atoms with E-state index < -0.39 is 0 Å². The summed E-state index contributed by atoms with van der Waals surface area (Å²) in [6.45, 7) is 2.06. The molecule has 0 aliphatic rings. The van der Waals surface area contributed by atoms with E-state index in [-0.39, 0.29) is 0 Å². The molecule has 0 nitrogen and oxygen atoms in total. The van der Waals surface area contributed by atoms with E-state index in [2.05, 4.69) is 41.1 Å². The Kier molecular flexibility index (Phi) is 2.31. The van der Waals surface area contributed by atoms with E-state index in [9.17, 15) is 0 Å². The van der Waals surface area contributed by atoms with Crippen molar-refractivity contribution in [3.63, 3.8) is 0 Å². The van der Waals surface area contributed by atoms with Crippen LogP contribution in [0, 0.1) is 6.92 Å². The van der Waals surface area contributed by atoms with Crippen molar-refractivity contribution >= 4 is 38.3 Å². The van der Waals surface area contributed by atoms with Crippen molar-refractivity contribution in [3.8, 4) is 0 Å². The quantitative estimate of drug-likeness (QED) is 0.647. The first-order valence-corrected chi connectivity index (χ1v) is 5.20. The summed E-state index contributed by atoms with van der Waals surface area (Å²) < 4.78 is 1.09. The molecular formula is C11H8BrCl. The second-order valence-corrected chi connectivity index (χ2v) is 4.23. The molecule has 0 atom stereocenters. The highest BCUT2D eigenvalue weighted by molar-refractivity contribution is 9.10. The van der Waals surface area contributed by atoms with Crippen LogP contribution < -0.4 is 0 Å². The molecule has 0 spiro atoms. The third-order valence-corrected chi connectivity index (χ3v) is 3.46. The van der Waals surface area contributed by atoms with Crippen LogP contribution in [0.3, 0.4) is 0 Å². The second-order valence-electron chi connectivity index (χ2n) is 3.03. The second kappa shape index (κ2) is 3.32. The van der Waals surface area contributed by atoms with E-state index in [1.807, 2.05) is 12.1 Å². The summed E-state index contributed by atoms with van der Waals surface area (Å²) in [5, 5.41) is 3.07. The Morgan fingerprint density at radius 2 is 1.92 bits per heavy atom. The topological polar surface area (TPSA) is 0 Å². The van der Waals surface area contributed by atoms with Crippen molar-refractivity contribution < 1.29 is 0 Å². The van der Waals surface area contributed by atoms with Gasteiger partial charge in [-0.25, -0.2) is 0 Å². The zero-order valence-electron chi connectivity index (χ0n) is 7.14. The third kappa shape index (κ3) is 1.47. The molecule has 0 heterocycles. The molecule has 0 N–H and O–H groups in total. The number of aryl methyl sites for hydroxylation is 1. The maximum absolute atomic E-state index is 6.10. The van der Waals surface area contributed by atoms with Gasteiger partial charge in [-0.3, -0.25) is 0 Å². The lowest BCUT2D eigenvalue weighted by atomic mass is 10.1. The Hall–Kier alpha value is -0.530. The van der Waals surface area contributed by atoms with Crippen molar-refractivity contribution in [2.75, 3.05) is 0 Å². The van der Waals surface area contributed by atoms with Crippen LogP contribution in [-0.2, 0) is 0 Å². The number of benzene rings is 2. The van der Waals surface area contributed by atoms with Crippen LogP contribution in [0.1, 0.15) is 5.56 Å². The Labute approximate surface area is 90.6 Å². The minimum atomic E-state index is 0.799. The van der Waals surface area contributed by atoms with Gasteiger partial charge >= 0.3 is 0 Å². The Balaban J connectivity index is 2.97. The predicted molar refractivity (Wildman–Crippen MR) is 61.4 cm³/mol. The van der Waals surface area contributed by atoms with Crippen molar-refractivity contribution in [2.45, 2.75) is 6.92 Å². The largest absolute Gasteiger partial charge is 0.0836 e. The van der Waals surface area contributed by atoms with Crippen LogP contribution in [0.2, 0.25) is 5.02 Å². The Morgan fingerprint density at radius 3 is 2.69 bits per heavy atom. The first-order chi connectivity index (χ1) is 6.20. The fourth-order valence-corrected chi connectivity index (χ4v) is 2.36. The maximum atomic E-state index is 6.10. The van der Waals surface area contributed by atoms with Crippen LogP contribution in [0.25, 0.3) is 10.8 Å². The summed E-state index contributed by atoms with van der Waals surface area (Å²) in [7, 11) is 0. The zero-order valence-corrected chi connectivity index (χ0v) is 9.48. The van der Waals surface area contributed by atoms with Gasteiger partial charge in [0.25, 0.3) is 0 Å². The fourth-order valence-electron chi connectivity index (χ4n) is 1.40. The molecule has 0 fully saturated rings. The van der Waals surface area contributed by atoms with E-state index in [1.165, 1.54) is 10.9 Å². The van der Waals surface area contributed by atoms with Gasteiger partial charge in [0.1, 0.15) is 0 Å². The lowest BCUT2D eigenvalue weighted by Gasteiger charge is -2.05. The standard InChI is InChI=1S/C11H8BrCl/c1-7-5-6-8-3-2-4-9(13)10(8)11(7)12/h2-6H,1H3. The van der Waals surface area contributed by atoms with Crippen LogP contribution in [0.15, 0.2) is 34.8 Å². The fraction of sp³-hybridized carbons (Fsp3) is 0.0909. The summed E-state index contributed by atoms with van der Waals surface area (Å²) in [5.74, 6) is 0. The molecular weight excluding hydrogens is 247 g/mol. The first-order valence-electron chi connectivity index (χ1n) is 4.03. The van der Waals surface area contributed by atoms with Crippen LogP contribution in [0.5, 0.6) is 0 Å². The van der Waals surface area contributed by atoms with E-state index in [1.54, 1.807) is 0 Å². The minimum Gasteiger partial charge on any atom is -0.0836 e. The monoisotopic (exact) mass is 254 g/mol. The summed E-state index contributed by atoms with van der Waals surface area (Å²) in [5.41, 5.74) is 1.21. The number of hydrogen-bond donors (Lipinski definition) is 0. The Bertz CT molecular complexity index is 463. The number of rotatable bonds is 0. The molecule has 0 aliphatic heterocycles. The molecule has 2 aromatic rings. The zero-order chi connectivity index (χ0) is 9.42. The molecule has 2 rings (SSSR count). The van der Waals surface area contributed by atoms with Crippen molar-refractivity contribution in [1.82, 2.24) is 0 Å². The van der Waals surface area contributed by atoms with Crippen LogP contribution in [-0.4, -0.2) is 0 Å². The highest BCUT2D eigenvalue weighted by Gasteiger charge is 2.04. The highest BCUT2D eigenvalue weighted by atomic mass is 79.9. The highest BCUT2D eigenvalue weighted by Crippen LogP contribution is 2.32. The number of fused-ring (bicyclic) bond motifs is 1. The lowest BCUT2D eigenvalue weighted by Crippen LogP contribution is -1.80. The van der Waals surface area contributed by atoms with Gasteiger partial charge in [-0.1, -0.05) is 35.9 Å². The molecule has 0 aliphatic carbocycles. The molecule has 66 valence electrons. The van der Waals surface area contributed by atoms with Crippen molar-refractivity contribution in [2.24, 2.45) is 0 Å². The van der Waals surface area contributed by atoms with Crippen molar-refractivity contribution in [1.29, 1.82) is 0 Å². The summed E-state index contributed by atoms with van der Waals surface area (Å²) in [6, 6.07) is 10.1. The van der Waals surface area contributed by atoms with Gasteiger partial charge in [0.15, 0.2) is 0 Å². The van der Waals surface area contributed by atoms with E-state index >= 15 is 0 Å². The van der Waals surface area contributed by atoms with Gasteiger partial charge in [-0.15, -0.1) is 0 Å². The third-order valence-electron chi connectivity index (χ3n) is 2.12. The molecule has 0 unspecified atom stereocenters.